The first kappa shape index (κ1) is 15.4. The van der Waals surface area contributed by atoms with Gasteiger partial charge in [-0.25, -0.2) is 4.98 Å². The van der Waals surface area contributed by atoms with Gasteiger partial charge in [0.1, 0.15) is 17.1 Å². The van der Waals surface area contributed by atoms with Gasteiger partial charge in [0.25, 0.3) is 0 Å². The van der Waals surface area contributed by atoms with Crippen LogP contribution in [-0.4, -0.2) is 53.3 Å². The van der Waals surface area contributed by atoms with Gasteiger partial charge >= 0.3 is 0 Å². The van der Waals surface area contributed by atoms with E-state index in [1.165, 1.54) is 0 Å². The number of benzene rings is 1. The fraction of sp³-hybridized carbons (Fsp3) is 0.0625. The van der Waals surface area contributed by atoms with Crippen LogP contribution in [-0.2, 0) is 0 Å². The lowest BCUT2D eigenvalue weighted by Gasteiger charge is -2.00. The zero-order valence-corrected chi connectivity index (χ0v) is 13.5. The van der Waals surface area contributed by atoms with Crippen LogP contribution in [0.4, 0.5) is 0 Å². The number of nitrogens with zero attached hydrogens (tertiary/aromatic N) is 7. The highest BCUT2D eigenvalue weighted by atomic mass is 16.5. The predicted molar refractivity (Wildman–Crippen MR) is 89.6 cm³/mol. The van der Waals surface area contributed by atoms with Crippen molar-refractivity contribution in [1.29, 1.82) is 0 Å². The molecule has 0 saturated heterocycles. The Morgan fingerprint density at radius 3 is 1.88 bits per heavy atom. The van der Waals surface area contributed by atoms with Crippen LogP contribution in [0.5, 0.6) is 5.75 Å². The number of hydrogen-bond acceptors (Lipinski definition) is 8. The second-order valence-electron chi connectivity index (χ2n) is 5.08. The normalized spacial score (nSPS) is 10.2. The largest absolute Gasteiger partial charge is 0.497 e. The Hall–Kier alpha value is -4.13. The van der Waals surface area contributed by atoms with Crippen molar-refractivity contribution in [3.8, 4) is 40.6 Å². The van der Waals surface area contributed by atoms with Crippen molar-refractivity contribution in [1.82, 2.24) is 46.2 Å². The molecule has 0 atom stereocenters. The van der Waals surface area contributed by atoms with Crippen LogP contribution in [0, 0.1) is 11.8 Å². The molecule has 26 heavy (non-hydrogen) atoms. The molecular weight excluding hydrogens is 334 g/mol. The Morgan fingerprint density at radius 2 is 1.38 bits per heavy atom. The molecule has 3 heterocycles. The number of pyridine rings is 1. The minimum absolute atomic E-state index is 0.350. The molecule has 0 unspecified atom stereocenters. The van der Waals surface area contributed by atoms with Crippen molar-refractivity contribution in [3.05, 3.63) is 47.5 Å². The van der Waals surface area contributed by atoms with Gasteiger partial charge in [-0.15, -0.1) is 20.4 Å². The molecule has 4 rings (SSSR count). The number of nitrogens with one attached hydrogen (secondary N) is 2. The number of tetrazole rings is 2. The Bertz CT molecular complexity index is 1010. The van der Waals surface area contributed by atoms with Crippen LogP contribution in [0.2, 0.25) is 0 Å². The van der Waals surface area contributed by atoms with Gasteiger partial charge in [0.05, 0.1) is 7.11 Å². The fourth-order valence-electron chi connectivity index (χ4n) is 2.19. The molecule has 0 spiro atoms. The summed E-state index contributed by atoms with van der Waals surface area (Å²) in [6, 6.07) is 11.0. The third kappa shape index (κ3) is 3.22. The first-order chi connectivity index (χ1) is 12.8. The highest BCUT2D eigenvalue weighted by Gasteiger charge is 2.12. The molecule has 0 aliphatic carbocycles. The van der Waals surface area contributed by atoms with Crippen molar-refractivity contribution >= 4 is 0 Å². The highest BCUT2D eigenvalue weighted by molar-refractivity contribution is 5.61. The van der Waals surface area contributed by atoms with Crippen molar-refractivity contribution in [2.24, 2.45) is 0 Å². The Balaban J connectivity index is 1.74. The monoisotopic (exact) mass is 345 g/mol. The molecule has 1 aromatic carbocycles. The summed E-state index contributed by atoms with van der Waals surface area (Å²) in [7, 11) is 1.62. The van der Waals surface area contributed by atoms with Crippen LogP contribution in [0.3, 0.4) is 0 Å². The average molecular weight is 345 g/mol. The predicted octanol–water partition coefficient (Wildman–Crippen LogP) is 0.850. The van der Waals surface area contributed by atoms with Crippen molar-refractivity contribution in [2.45, 2.75) is 0 Å². The molecule has 0 saturated carbocycles. The highest BCUT2D eigenvalue weighted by Crippen LogP contribution is 2.19. The van der Waals surface area contributed by atoms with Gasteiger partial charge in [0.2, 0.25) is 11.6 Å². The Kier molecular flexibility index (Phi) is 4.01. The molecule has 0 radical (unpaired) electrons. The molecule has 10 nitrogen and oxygen atoms in total. The molecule has 10 heteroatoms. The van der Waals surface area contributed by atoms with Crippen molar-refractivity contribution in [2.75, 3.05) is 7.11 Å². The summed E-state index contributed by atoms with van der Waals surface area (Å²) >= 11 is 0. The molecule has 4 aromatic rings. The zero-order valence-electron chi connectivity index (χ0n) is 13.5. The van der Waals surface area contributed by atoms with E-state index in [4.69, 9.17) is 4.74 Å². The maximum absolute atomic E-state index is 5.14. The van der Waals surface area contributed by atoms with Gasteiger partial charge < -0.3 is 4.74 Å². The minimum atomic E-state index is 0.350. The lowest BCUT2D eigenvalue weighted by atomic mass is 10.1. The maximum atomic E-state index is 5.14. The lowest BCUT2D eigenvalue weighted by molar-refractivity contribution is 0.415. The van der Waals surface area contributed by atoms with E-state index in [-0.39, 0.29) is 0 Å². The van der Waals surface area contributed by atoms with E-state index in [0.717, 1.165) is 11.3 Å². The second-order valence-corrected chi connectivity index (χ2v) is 5.08. The van der Waals surface area contributed by atoms with E-state index in [1.54, 1.807) is 19.2 Å². The van der Waals surface area contributed by atoms with Gasteiger partial charge in [0.15, 0.2) is 0 Å². The molecule has 0 bridgehead atoms. The van der Waals surface area contributed by atoms with E-state index in [2.05, 4.69) is 58.1 Å². The molecule has 2 N–H and O–H groups in total. The van der Waals surface area contributed by atoms with Crippen LogP contribution in [0.1, 0.15) is 11.1 Å². The van der Waals surface area contributed by atoms with E-state index in [9.17, 15) is 0 Å². The second kappa shape index (κ2) is 6.78. The zero-order chi connectivity index (χ0) is 17.8. The van der Waals surface area contributed by atoms with Gasteiger partial charge in [-0.3, -0.25) is 0 Å². The van der Waals surface area contributed by atoms with Crippen LogP contribution in [0.25, 0.3) is 23.0 Å². The maximum Gasteiger partial charge on any atom is 0.223 e. The standard InChI is InChI=1S/C16H11N9O/c1-26-12-6-4-10(5-7-12)2-3-11-8-13(15-18-22-23-19-15)17-14(9-11)16-20-24-25-21-16/h4-9H,1H3,(H,18,19,22,23)(H,20,21,24,25). The number of aromatic amines is 2. The van der Waals surface area contributed by atoms with E-state index in [1.807, 2.05) is 24.3 Å². The van der Waals surface area contributed by atoms with Crippen molar-refractivity contribution in [3.63, 3.8) is 0 Å². The summed E-state index contributed by atoms with van der Waals surface area (Å²) in [5, 5.41) is 27.7. The summed E-state index contributed by atoms with van der Waals surface area (Å²) in [6.07, 6.45) is 0. The summed E-state index contributed by atoms with van der Waals surface area (Å²) in [6.45, 7) is 0. The number of hydrogen-bond donors (Lipinski definition) is 2. The number of ether oxygens (including phenoxy) is 1. The molecule has 0 fully saturated rings. The average Bonchev–Trinajstić information content (AvgIpc) is 3.40. The van der Waals surface area contributed by atoms with Crippen LogP contribution in [0.15, 0.2) is 36.4 Å². The fourth-order valence-corrected chi connectivity index (χ4v) is 2.19. The lowest BCUT2D eigenvalue weighted by Crippen LogP contribution is -1.94. The summed E-state index contributed by atoms with van der Waals surface area (Å²) in [5.74, 6) is 7.67. The van der Waals surface area contributed by atoms with Crippen LogP contribution < -0.4 is 4.74 Å². The SMILES string of the molecule is COc1ccc(C#Cc2cc(-c3nn[nH]n3)nc(-c3nn[nH]n3)c2)cc1. The van der Waals surface area contributed by atoms with Gasteiger partial charge in [-0.2, -0.15) is 10.4 Å². The molecule has 0 amide bonds. The smallest absolute Gasteiger partial charge is 0.223 e. The minimum Gasteiger partial charge on any atom is -0.497 e. The number of rotatable bonds is 3. The summed E-state index contributed by atoms with van der Waals surface area (Å²) in [4.78, 5) is 4.44. The third-order valence-electron chi connectivity index (χ3n) is 3.42. The molecule has 0 aliphatic heterocycles. The third-order valence-corrected chi connectivity index (χ3v) is 3.42. The quantitative estimate of drug-likeness (QED) is 0.522. The topological polar surface area (TPSA) is 131 Å². The van der Waals surface area contributed by atoms with Gasteiger partial charge in [-0.05, 0) is 46.8 Å². The first-order valence-corrected chi connectivity index (χ1v) is 7.47. The van der Waals surface area contributed by atoms with Crippen molar-refractivity contribution < 1.29 is 4.74 Å². The first-order valence-electron chi connectivity index (χ1n) is 7.47. The van der Waals surface area contributed by atoms with Gasteiger partial charge in [0, 0.05) is 11.1 Å². The Labute approximate surface area is 147 Å². The summed E-state index contributed by atoms with van der Waals surface area (Å²) in [5.41, 5.74) is 2.56. The summed E-state index contributed by atoms with van der Waals surface area (Å²) < 4.78 is 5.14. The Morgan fingerprint density at radius 1 is 0.808 bits per heavy atom. The molecule has 0 aliphatic rings. The van der Waals surface area contributed by atoms with E-state index >= 15 is 0 Å². The van der Waals surface area contributed by atoms with E-state index < -0.39 is 0 Å². The van der Waals surface area contributed by atoms with E-state index in [0.29, 0.717) is 28.6 Å². The van der Waals surface area contributed by atoms with Gasteiger partial charge in [-0.1, -0.05) is 11.8 Å². The molecule has 3 aromatic heterocycles. The molecular formula is C16H11N9O. The molecule has 126 valence electrons. The number of H-pyrrole nitrogens is 2. The van der Waals surface area contributed by atoms with Crippen LogP contribution >= 0.6 is 0 Å². The number of aromatic nitrogens is 9. The number of methoxy groups -OCH3 is 1.